The highest BCUT2D eigenvalue weighted by atomic mass is 35.5. The predicted octanol–water partition coefficient (Wildman–Crippen LogP) is 4.61. The van der Waals surface area contributed by atoms with Gasteiger partial charge in [0.2, 0.25) is 0 Å². The van der Waals surface area contributed by atoms with E-state index in [4.69, 9.17) is 11.6 Å². The summed E-state index contributed by atoms with van der Waals surface area (Å²) in [7, 11) is 2.13. The van der Waals surface area contributed by atoms with Crippen molar-refractivity contribution in [3.8, 4) is 0 Å². The quantitative estimate of drug-likeness (QED) is 0.722. The van der Waals surface area contributed by atoms with Gasteiger partial charge in [-0.25, -0.2) is 0 Å². The molecule has 5 rings (SSSR count). The normalized spacial score (nSPS) is 35.4. The van der Waals surface area contributed by atoms with Crippen LogP contribution in [0.25, 0.3) is 0 Å². The second-order valence-corrected chi connectivity index (χ2v) is 7.53. The summed E-state index contributed by atoms with van der Waals surface area (Å²) in [5.41, 5.74) is 1.82. The molecule has 2 heterocycles. The van der Waals surface area contributed by atoms with Gasteiger partial charge in [0.1, 0.15) is 5.82 Å². The van der Waals surface area contributed by atoms with Crippen LogP contribution in [0.1, 0.15) is 49.5 Å². The minimum Gasteiger partial charge on any atom is -0.337 e. The van der Waals surface area contributed by atoms with Gasteiger partial charge in [0.05, 0.1) is 5.38 Å². The van der Waals surface area contributed by atoms with Crippen LogP contribution < -0.4 is 4.90 Å². The number of aryl methyl sites for hydroxylation is 1. The lowest BCUT2D eigenvalue weighted by Gasteiger charge is -2.49. The van der Waals surface area contributed by atoms with Crippen molar-refractivity contribution in [2.24, 2.45) is 18.4 Å². The molecule has 1 unspecified atom stereocenters. The van der Waals surface area contributed by atoms with Gasteiger partial charge < -0.3 is 9.47 Å². The Morgan fingerprint density at radius 2 is 1.95 bits per heavy atom. The molecule has 0 saturated heterocycles. The van der Waals surface area contributed by atoms with Gasteiger partial charge in [0.15, 0.2) is 0 Å². The molecule has 3 fully saturated rings. The smallest absolute Gasteiger partial charge is 0.117 e. The molecule has 0 aromatic carbocycles. The second kappa shape index (κ2) is 4.56. The summed E-state index contributed by atoms with van der Waals surface area (Å²) in [6, 6.07) is 2.17. The first-order valence-corrected chi connectivity index (χ1v) is 8.35. The van der Waals surface area contributed by atoms with Crippen molar-refractivity contribution in [1.82, 2.24) is 4.57 Å². The Balaban J connectivity index is 1.63. The Morgan fingerprint density at radius 1 is 1.25 bits per heavy atom. The van der Waals surface area contributed by atoms with Crippen molar-refractivity contribution >= 4 is 17.4 Å². The zero-order valence-corrected chi connectivity index (χ0v) is 12.9. The number of allylic oxidation sites excluding steroid dienone is 1. The molecule has 1 aromatic rings. The molecule has 1 aliphatic heterocycles. The van der Waals surface area contributed by atoms with Gasteiger partial charge in [-0.3, -0.25) is 0 Å². The van der Waals surface area contributed by atoms with Crippen molar-refractivity contribution in [2.45, 2.75) is 43.9 Å². The van der Waals surface area contributed by atoms with E-state index in [1.165, 1.54) is 56.5 Å². The fourth-order valence-corrected chi connectivity index (χ4v) is 4.78. The first-order valence-electron chi connectivity index (χ1n) is 7.91. The fourth-order valence-electron chi connectivity index (χ4n) is 4.54. The van der Waals surface area contributed by atoms with Crippen LogP contribution in [0.15, 0.2) is 24.5 Å². The van der Waals surface area contributed by atoms with Crippen molar-refractivity contribution in [3.63, 3.8) is 0 Å². The van der Waals surface area contributed by atoms with E-state index in [0.717, 1.165) is 5.92 Å². The first-order chi connectivity index (χ1) is 9.67. The molecule has 0 amide bonds. The number of hydrogen-bond donors (Lipinski definition) is 0. The van der Waals surface area contributed by atoms with E-state index in [9.17, 15) is 0 Å². The lowest BCUT2D eigenvalue weighted by molar-refractivity contribution is 0.0727. The number of halogens is 1. The Bertz CT molecular complexity index is 523. The first kappa shape index (κ1) is 12.8. The molecule has 0 spiro atoms. The summed E-state index contributed by atoms with van der Waals surface area (Å²) in [6.07, 6.45) is 15.1. The topological polar surface area (TPSA) is 8.17 Å². The third kappa shape index (κ3) is 1.92. The van der Waals surface area contributed by atoms with Crippen LogP contribution in [0.3, 0.4) is 0 Å². The molecule has 0 radical (unpaired) electrons. The van der Waals surface area contributed by atoms with Gasteiger partial charge in [0, 0.05) is 31.6 Å². The zero-order chi connectivity index (χ0) is 13.7. The number of anilines is 1. The second-order valence-electron chi connectivity index (χ2n) is 7.06. The fraction of sp³-hybridized carbons (Fsp3) is 0.647. The van der Waals surface area contributed by atoms with Crippen LogP contribution >= 0.6 is 11.6 Å². The van der Waals surface area contributed by atoms with Gasteiger partial charge in [0.25, 0.3) is 0 Å². The molecular formula is C17H23ClN2. The van der Waals surface area contributed by atoms with E-state index >= 15 is 0 Å². The van der Waals surface area contributed by atoms with Gasteiger partial charge in [-0.1, -0.05) is 0 Å². The summed E-state index contributed by atoms with van der Waals surface area (Å²) >= 11 is 6.42. The van der Waals surface area contributed by atoms with Gasteiger partial charge in [-0.05, 0) is 62.0 Å². The third-order valence-corrected chi connectivity index (χ3v) is 6.21. The van der Waals surface area contributed by atoms with Crippen molar-refractivity contribution in [2.75, 3.05) is 11.4 Å². The summed E-state index contributed by atoms with van der Waals surface area (Å²) in [5, 5.41) is 0.0297. The highest BCUT2D eigenvalue weighted by molar-refractivity contribution is 6.22. The minimum absolute atomic E-state index is 0.0297. The maximum atomic E-state index is 6.42. The van der Waals surface area contributed by atoms with Crippen molar-refractivity contribution in [3.05, 3.63) is 30.1 Å². The maximum absolute atomic E-state index is 6.42. The van der Waals surface area contributed by atoms with E-state index in [2.05, 4.69) is 41.1 Å². The standard InChI is InChI=1S/C17H23ClN2/c1-19-10-5-14-15(18)6-11-20(16(14)19)12-17-7-2-13(3-8-17)4-9-17/h5-6,10-11,13,15H,2-4,7-9,12H2,1H3. The minimum atomic E-state index is 0.0297. The van der Waals surface area contributed by atoms with E-state index in [-0.39, 0.29) is 5.38 Å². The number of hydrogen-bond acceptors (Lipinski definition) is 1. The Kier molecular flexibility index (Phi) is 2.92. The number of alkyl halides is 1. The zero-order valence-electron chi connectivity index (χ0n) is 12.2. The van der Waals surface area contributed by atoms with E-state index in [1.54, 1.807) is 0 Å². The van der Waals surface area contributed by atoms with Crippen molar-refractivity contribution < 1.29 is 0 Å². The third-order valence-electron chi connectivity index (χ3n) is 5.83. The van der Waals surface area contributed by atoms with Crippen LogP contribution in [0.4, 0.5) is 5.82 Å². The molecule has 2 bridgehead atoms. The summed E-state index contributed by atoms with van der Waals surface area (Å²) < 4.78 is 2.22. The monoisotopic (exact) mass is 290 g/mol. The van der Waals surface area contributed by atoms with Crippen LogP contribution in [0.5, 0.6) is 0 Å². The summed E-state index contributed by atoms with van der Waals surface area (Å²) in [5.74, 6) is 2.33. The van der Waals surface area contributed by atoms with Gasteiger partial charge in [-0.2, -0.15) is 0 Å². The Hall–Kier alpha value is -0.890. The van der Waals surface area contributed by atoms with Crippen LogP contribution in [-0.2, 0) is 7.05 Å². The molecule has 108 valence electrons. The van der Waals surface area contributed by atoms with Gasteiger partial charge in [-0.15, -0.1) is 11.6 Å². The van der Waals surface area contributed by atoms with E-state index in [1.807, 2.05) is 0 Å². The Labute approximate surface area is 126 Å². The average molecular weight is 291 g/mol. The SMILES string of the molecule is Cn1ccc2c1N(CC13CCC(CC1)CC3)C=CC2Cl. The molecule has 1 atom stereocenters. The lowest BCUT2D eigenvalue weighted by Crippen LogP contribution is -2.43. The molecule has 4 aliphatic rings. The highest BCUT2D eigenvalue weighted by Crippen LogP contribution is 2.51. The Morgan fingerprint density at radius 3 is 2.65 bits per heavy atom. The van der Waals surface area contributed by atoms with Gasteiger partial charge >= 0.3 is 0 Å². The number of aromatic nitrogens is 1. The number of nitrogens with zero attached hydrogens (tertiary/aromatic N) is 2. The molecule has 3 heteroatoms. The molecule has 20 heavy (non-hydrogen) atoms. The largest absolute Gasteiger partial charge is 0.337 e. The molecule has 3 saturated carbocycles. The van der Waals surface area contributed by atoms with E-state index < -0.39 is 0 Å². The van der Waals surface area contributed by atoms with Crippen LogP contribution in [0.2, 0.25) is 0 Å². The lowest BCUT2D eigenvalue weighted by atomic mass is 9.60. The molecule has 3 aliphatic carbocycles. The highest BCUT2D eigenvalue weighted by Gasteiger charge is 2.42. The van der Waals surface area contributed by atoms with E-state index in [0.29, 0.717) is 5.41 Å². The van der Waals surface area contributed by atoms with Crippen LogP contribution in [0, 0.1) is 11.3 Å². The van der Waals surface area contributed by atoms with Crippen LogP contribution in [-0.4, -0.2) is 11.1 Å². The number of fused-ring (bicyclic) bond motifs is 4. The van der Waals surface area contributed by atoms with Crippen molar-refractivity contribution in [1.29, 1.82) is 0 Å². The molecule has 0 N–H and O–H groups in total. The average Bonchev–Trinajstić information content (AvgIpc) is 2.87. The molecular weight excluding hydrogens is 268 g/mol. The summed E-state index contributed by atoms with van der Waals surface area (Å²) in [4.78, 5) is 2.46. The number of rotatable bonds is 2. The summed E-state index contributed by atoms with van der Waals surface area (Å²) in [6.45, 7) is 1.17. The maximum Gasteiger partial charge on any atom is 0.117 e. The molecule has 2 nitrogen and oxygen atoms in total. The molecule has 1 aromatic heterocycles. The predicted molar refractivity (Wildman–Crippen MR) is 84.1 cm³/mol.